The predicted molar refractivity (Wildman–Crippen MR) is 43.5 cm³/mol. The minimum Gasteiger partial charge on any atom is -0.377 e. The number of rotatable bonds is 3. The van der Waals surface area contributed by atoms with E-state index in [0.717, 1.165) is 0 Å². The Bertz CT molecular complexity index is 292. The van der Waals surface area contributed by atoms with Crippen molar-refractivity contribution in [2.75, 3.05) is 11.9 Å². The van der Waals surface area contributed by atoms with E-state index in [9.17, 15) is 4.79 Å². The van der Waals surface area contributed by atoms with Crippen molar-refractivity contribution in [3.63, 3.8) is 0 Å². The molecule has 0 aliphatic rings. The van der Waals surface area contributed by atoms with Gasteiger partial charge in [-0.05, 0) is 6.07 Å². The second-order valence-corrected chi connectivity index (χ2v) is 1.97. The molecular formula is C7H9N3O. The van der Waals surface area contributed by atoms with Crippen LogP contribution in [0.15, 0.2) is 29.7 Å². The van der Waals surface area contributed by atoms with Gasteiger partial charge in [0.25, 0.3) is 5.56 Å². The first-order valence-electron chi connectivity index (χ1n) is 3.23. The summed E-state index contributed by atoms with van der Waals surface area (Å²) in [6.45, 7) is 4.09. The van der Waals surface area contributed by atoms with Crippen molar-refractivity contribution < 1.29 is 0 Å². The molecule has 4 nitrogen and oxygen atoms in total. The second kappa shape index (κ2) is 3.55. The van der Waals surface area contributed by atoms with Crippen molar-refractivity contribution in [2.24, 2.45) is 0 Å². The molecule has 0 spiro atoms. The molecule has 0 amide bonds. The summed E-state index contributed by atoms with van der Waals surface area (Å²) in [5.41, 5.74) is 0.300. The molecule has 4 heteroatoms. The lowest BCUT2D eigenvalue weighted by Crippen LogP contribution is -2.14. The smallest absolute Gasteiger partial charge is 0.287 e. The van der Waals surface area contributed by atoms with Crippen LogP contribution >= 0.6 is 0 Å². The molecular weight excluding hydrogens is 142 g/mol. The Balaban J connectivity index is 2.78. The molecule has 1 heterocycles. The van der Waals surface area contributed by atoms with Crippen LogP contribution in [0, 0.1) is 0 Å². The van der Waals surface area contributed by atoms with Gasteiger partial charge in [0.15, 0.2) is 0 Å². The van der Waals surface area contributed by atoms with E-state index in [4.69, 9.17) is 0 Å². The zero-order valence-corrected chi connectivity index (χ0v) is 6.00. The Labute approximate surface area is 64.0 Å². The molecule has 0 unspecified atom stereocenters. The Morgan fingerprint density at radius 1 is 1.82 bits per heavy atom. The van der Waals surface area contributed by atoms with Gasteiger partial charge in [-0.2, -0.15) is 5.10 Å². The number of H-pyrrole nitrogens is 1. The van der Waals surface area contributed by atoms with Gasteiger partial charge in [0, 0.05) is 12.7 Å². The number of aromatic nitrogens is 2. The van der Waals surface area contributed by atoms with Crippen LogP contribution in [0.2, 0.25) is 0 Å². The third-order valence-electron chi connectivity index (χ3n) is 1.16. The summed E-state index contributed by atoms with van der Waals surface area (Å²) >= 11 is 0. The van der Waals surface area contributed by atoms with E-state index in [1.54, 1.807) is 12.1 Å². The SMILES string of the molecule is C=CCNc1ccn[nH]c1=O. The molecule has 0 saturated heterocycles. The minimum atomic E-state index is -0.214. The largest absolute Gasteiger partial charge is 0.377 e. The fourth-order valence-electron chi connectivity index (χ4n) is 0.665. The number of nitrogens with one attached hydrogen (secondary N) is 2. The molecule has 0 aliphatic carbocycles. The lowest BCUT2D eigenvalue weighted by atomic mass is 10.4. The number of anilines is 1. The van der Waals surface area contributed by atoms with E-state index in [0.29, 0.717) is 12.2 Å². The number of hydrogen-bond acceptors (Lipinski definition) is 3. The maximum Gasteiger partial charge on any atom is 0.287 e. The standard InChI is InChI=1S/C7H9N3O/c1-2-4-8-6-3-5-9-10-7(6)11/h2-3,5H,1,4H2,(H,8,9)(H,10,11). The zero-order chi connectivity index (χ0) is 8.10. The molecule has 0 fully saturated rings. The molecule has 0 radical (unpaired) electrons. The molecule has 0 aromatic carbocycles. The van der Waals surface area contributed by atoms with Gasteiger partial charge < -0.3 is 5.32 Å². The fraction of sp³-hybridized carbons (Fsp3) is 0.143. The van der Waals surface area contributed by atoms with Gasteiger partial charge in [-0.3, -0.25) is 4.79 Å². The number of nitrogens with zero attached hydrogens (tertiary/aromatic N) is 1. The molecule has 11 heavy (non-hydrogen) atoms. The Morgan fingerprint density at radius 2 is 2.64 bits per heavy atom. The number of aromatic amines is 1. The van der Waals surface area contributed by atoms with Gasteiger partial charge in [-0.25, -0.2) is 5.10 Å². The molecule has 1 aromatic rings. The molecule has 0 saturated carbocycles. The van der Waals surface area contributed by atoms with Crippen molar-refractivity contribution >= 4 is 5.69 Å². The van der Waals surface area contributed by atoms with Crippen molar-refractivity contribution in [1.29, 1.82) is 0 Å². The average molecular weight is 151 g/mol. The van der Waals surface area contributed by atoms with E-state index in [1.165, 1.54) is 6.20 Å². The van der Waals surface area contributed by atoms with E-state index < -0.39 is 0 Å². The van der Waals surface area contributed by atoms with Crippen LogP contribution in [-0.2, 0) is 0 Å². The summed E-state index contributed by atoms with van der Waals surface area (Å²) in [4.78, 5) is 10.9. The third-order valence-corrected chi connectivity index (χ3v) is 1.16. The summed E-state index contributed by atoms with van der Waals surface area (Å²) in [5.74, 6) is 0. The van der Waals surface area contributed by atoms with Crippen LogP contribution < -0.4 is 10.9 Å². The molecule has 58 valence electrons. The van der Waals surface area contributed by atoms with Crippen LogP contribution in [0.25, 0.3) is 0 Å². The van der Waals surface area contributed by atoms with Crippen LogP contribution in [0.3, 0.4) is 0 Å². The highest BCUT2D eigenvalue weighted by molar-refractivity contribution is 5.39. The van der Waals surface area contributed by atoms with Crippen LogP contribution in [0.4, 0.5) is 5.69 Å². The molecule has 0 bridgehead atoms. The summed E-state index contributed by atoms with van der Waals surface area (Å²) in [6.07, 6.45) is 3.20. The Kier molecular flexibility index (Phi) is 2.43. The van der Waals surface area contributed by atoms with Gasteiger partial charge in [0.05, 0.1) is 0 Å². The first-order valence-corrected chi connectivity index (χ1v) is 3.23. The first-order chi connectivity index (χ1) is 5.34. The van der Waals surface area contributed by atoms with Crippen molar-refractivity contribution in [2.45, 2.75) is 0 Å². The summed E-state index contributed by atoms with van der Waals surface area (Å²) < 4.78 is 0. The molecule has 1 rings (SSSR count). The van der Waals surface area contributed by atoms with E-state index >= 15 is 0 Å². The maximum atomic E-state index is 10.9. The number of hydrogen-bond donors (Lipinski definition) is 2. The summed E-state index contributed by atoms with van der Waals surface area (Å²) in [5, 5.41) is 8.72. The lowest BCUT2D eigenvalue weighted by Gasteiger charge is -1.98. The van der Waals surface area contributed by atoms with Gasteiger partial charge >= 0.3 is 0 Å². The van der Waals surface area contributed by atoms with E-state index in [1.807, 2.05) is 0 Å². The zero-order valence-electron chi connectivity index (χ0n) is 6.00. The first kappa shape index (κ1) is 7.53. The summed E-state index contributed by atoms with van der Waals surface area (Å²) in [7, 11) is 0. The monoisotopic (exact) mass is 151 g/mol. The second-order valence-electron chi connectivity index (χ2n) is 1.97. The highest BCUT2D eigenvalue weighted by Gasteiger charge is 1.93. The van der Waals surface area contributed by atoms with Crippen LogP contribution in [-0.4, -0.2) is 16.7 Å². The highest BCUT2D eigenvalue weighted by atomic mass is 16.1. The minimum absolute atomic E-state index is 0.214. The molecule has 0 atom stereocenters. The van der Waals surface area contributed by atoms with Gasteiger partial charge in [-0.1, -0.05) is 6.08 Å². The summed E-state index contributed by atoms with van der Waals surface area (Å²) in [6, 6.07) is 1.61. The Hall–Kier alpha value is -1.58. The fourth-order valence-corrected chi connectivity index (χ4v) is 0.665. The van der Waals surface area contributed by atoms with Crippen LogP contribution in [0.5, 0.6) is 0 Å². The highest BCUT2D eigenvalue weighted by Crippen LogP contribution is 1.92. The quantitative estimate of drug-likeness (QED) is 0.613. The van der Waals surface area contributed by atoms with Gasteiger partial charge in [-0.15, -0.1) is 6.58 Å². The lowest BCUT2D eigenvalue weighted by molar-refractivity contribution is 0.986. The van der Waals surface area contributed by atoms with Gasteiger partial charge in [0.1, 0.15) is 5.69 Å². The van der Waals surface area contributed by atoms with Crippen LogP contribution in [0.1, 0.15) is 0 Å². The van der Waals surface area contributed by atoms with E-state index in [2.05, 4.69) is 22.1 Å². The van der Waals surface area contributed by atoms with Crippen molar-refractivity contribution in [1.82, 2.24) is 10.2 Å². The van der Waals surface area contributed by atoms with Crippen molar-refractivity contribution in [3.8, 4) is 0 Å². The van der Waals surface area contributed by atoms with E-state index in [-0.39, 0.29) is 5.56 Å². The molecule has 2 N–H and O–H groups in total. The average Bonchev–Trinajstić information content (AvgIpc) is 2.03. The predicted octanol–water partition coefficient (Wildman–Crippen LogP) is 0.368. The topological polar surface area (TPSA) is 57.8 Å². The third kappa shape index (κ3) is 1.93. The normalized spacial score (nSPS) is 9.09. The Morgan fingerprint density at radius 3 is 3.27 bits per heavy atom. The molecule has 0 aliphatic heterocycles. The molecule has 1 aromatic heterocycles. The maximum absolute atomic E-state index is 10.9. The van der Waals surface area contributed by atoms with Crippen molar-refractivity contribution in [3.05, 3.63) is 35.3 Å². The van der Waals surface area contributed by atoms with Gasteiger partial charge in [0.2, 0.25) is 0 Å².